The maximum atomic E-state index is 5.76. The summed E-state index contributed by atoms with van der Waals surface area (Å²) in [6, 6.07) is 5.78. The van der Waals surface area contributed by atoms with Crippen molar-refractivity contribution in [2.45, 2.75) is 5.16 Å². The highest BCUT2D eigenvalue weighted by Gasteiger charge is 2.09. The van der Waals surface area contributed by atoms with Crippen LogP contribution in [0.4, 0.5) is 5.69 Å². The molecule has 19 heavy (non-hydrogen) atoms. The molecule has 0 bridgehead atoms. The van der Waals surface area contributed by atoms with Crippen LogP contribution in [-0.4, -0.2) is 53.3 Å². The molecule has 5 nitrogen and oxygen atoms in total. The van der Waals surface area contributed by atoms with Crippen LogP contribution in [0, 0.1) is 0 Å². The Morgan fingerprint density at radius 1 is 1.32 bits per heavy atom. The van der Waals surface area contributed by atoms with Crippen molar-refractivity contribution in [3.8, 4) is 0 Å². The number of thioether (sulfide) groups is 1. The molecule has 0 aliphatic carbocycles. The zero-order valence-corrected chi connectivity index (χ0v) is 11.7. The normalized spacial score (nSPS) is 17.1. The van der Waals surface area contributed by atoms with E-state index in [0.29, 0.717) is 0 Å². The van der Waals surface area contributed by atoms with E-state index in [1.807, 2.05) is 18.2 Å². The Morgan fingerprint density at radius 2 is 2.16 bits per heavy atom. The predicted molar refractivity (Wildman–Crippen MR) is 80.5 cm³/mol. The Morgan fingerprint density at radius 3 is 3.00 bits per heavy atom. The van der Waals surface area contributed by atoms with E-state index >= 15 is 0 Å². The third-order valence-corrected chi connectivity index (χ3v) is 4.19. The van der Waals surface area contributed by atoms with Crippen molar-refractivity contribution >= 4 is 28.5 Å². The molecule has 1 fully saturated rings. The Labute approximate surface area is 116 Å². The van der Waals surface area contributed by atoms with Crippen molar-refractivity contribution in [3.63, 3.8) is 0 Å². The predicted octanol–water partition coefficient (Wildman–Crippen LogP) is 1.14. The molecular weight excluding hydrogens is 258 g/mol. The topological polar surface area (TPSA) is 70.0 Å². The number of aromatic nitrogens is 2. The van der Waals surface area contributed by atoms with Crippen molar-refractivity contribution in [1.29, 1.82) is 0 Å². The molecule has 1 aromatic carbocycles. The first-order valence-electron chi connectivity index (χ1n) is 6.62. The highest BCUT2D eigenvalue weighted by atomic mass is 32.2. The summed E-state index contributed by atoms with van der Waals surface area (Å²) in [5.74, 6) is 1.06. The fraction of sp³-hybridized carbons (Fsp3) is 0.462. The molecular formula is C13H19N5S. The van der Waals surface area contributed by atoms with Gasteiger partial charge in [-0.1, -0.05) is 11.8 Å². The number of imidazole rings is 1. The van der Waals surface area contributed by atoms with Gasteiger partial charge in [-0.05, 0) is 18.2 Å². The zero-order chi connectivity index (χ0) is 13.1. The minimum absolute atomic E-state index is 0.772. The number of nitrogens with zero attached hydrogens (tertiary/aromatic N) is 2. The SMILES string of the molecule is Nc1ccc2nc(SCCN3CCNCC3)[nH]c2c1. The number of H-pyrrole nitrogens is 1. The summed E-state index contributed by atoms with van der Waals surface area (Å²) < 4.78 is 0. The molecule has 0 unspecified atom stereocenters. The lowest BCUT2D eigenvalue weighted by atomic mass is 10.3. The number of piperazine rings is 1. The van der Waals surface area contributed by atoms with E-state index in [-0.39, 0.29) is 0 Å². The summed E-state index contributed by atoms with van der Waals surface area (Å²) in [4.78, 5) is 10.4. The Balaban J connectivity index is 1.56. The number of benzene rings is 1. The molecule has 0 atom stereocenters. The summed E-state index contributed by atoms with van der Waals surface area (Å²) >= 11 is 1.78. The number of hydrogen-bond acceptors (Lipinski definition) is 5. The van der Waals surface area contributed by atoms with Crippen LogP contribution in [0.25, 0.3) is 11.0 Å². The standard InChI is InChI=1S/C13H19N5S/c14-10-1-2-11-12(9-10)17-13(16-11)19-8-7-18-5-3-15-4-6-18/h1-2,9,15H,3-8,14H2,(H,16,17). The van der Waals surface area contributed by atoms with E-state index in [0.717, 1.165) is 60.4 Å². The third kappa shape index (κ3) is 3.20. The lowest BCUT2D eigenvalue weighted by Gasteiger charge is -2.26. The first kappa shape index (κ1) is 12.8. The molecule has 2 heterocycles. The van der Waals surface area contributed by atoms with Crippen LogP contribution in [0.3, 0.4) is 0 Å². The molecule has 1 aliphatic heterocycles. The molecule has 2 aromatic rings. The molecule has 3 rings (SSSR count). The van der Waals surface area contributed by atoms with Crippen molar-refractivity contribution < 1.29 is 0 Å². The van der Waals surface area contributed by atoms with Gasteiger partial charge >= 0.3 is 0 Å². The average Bonchev–Trinajstić information content (AvgIpc) is 2.82. The van der Waals surface area contributed by atoms with Gasteiger partial charge in [-0.25, -0.2) is 4.98 Å². The van der Waals surface area contributed by atoms with Gasteiger partial charge in [0.15, 0.2) is 5.16 Å². The number of nitrogen functional groups attached to an aromatic ring is 1. The quantitative estimate of drug-likeness (QED) is 0.577. The Hall–Kier alpha value is -1.24. The van der Waals surface area contributed by atoms with Crippen LogP contribution in [0.15, 0.2) is 23.4 Å². The zero-order valence-electron chi connectivity index (χ0n) is 10.9. The van der Waals surface area contributed by atoms with Crippen LogP contribution in [0.2, 0.25) is 0 Å². The molecule has 0 spiro atoms. The van der Waals surface area contributed by atoms with Gasteiger partial charge in [0.05, 0.1) is 11.0 Å². The van der Waals surface area contributed by atoms with Crippen LogP contribution in [-0.2, 0) is 0 Å². The molecule has 0 amide bonds. The molecule has 1 saturated heterocycles. The largest absolute Gasteiger partial charge is 0.399 e. The van der Waals surface area contributed by atoms with Crippen LogP contribution in [0.5, 0.6) is 0 Å². The van der Waals surface area contributed by atoms with E-state index in [9.17, 15) is 0 Å². The number of nitrogens with two attached hydrogens (primary N) is 1. The van der Waals surface area contributed by atoms with Gasteiger partial charge in [-0.15, -0.1) is 0 Å². The molecule has 1 aromatic heterocycles. The Kier molecular flexibility index (Phi) is 3.91. The van der Waals surface area contributed by atoms with E-state index in [4.69, 9.17) is 5.73 Å². The number of aromatic amines is 1. The second kappa shape index (κ2) is 5.81. The second-order valence-corrected chi connectivity index (χ2v) is 5.84. The van der Waals surface area contributed by atoms with Crippen molar-refractivity contribution in [2.75, 3.05) is 44.2 Å². The molecule has 1 aliphatic rings. The fourth-order valence-corrected chi connectivity index (χ4v) is 3.17. The summed E-state index contributed by atoms with van der Waals surface area (Å²) in [5.41, 5.74) is 8.54. The van der Waals surface area contributed by atoms with Gasteiger partial charge in [0.25, 0.3) is 0 Å². The summed E-state index contributed by atoms with van der Waals surface area (Å²) in [6.45, 7) is 5.63. The lowest BCUT2D eigenvalue weighted by molar-refractivity contribution is 0.255. The summed E-state index contributed by atoms with van der Waals surface area (Å²) in [5, 5.41) is 4.35. The third-order valence-electron chi connectivity index (χ3n) is 3.34. The average molecular weight is 277 g/mol. The summed E-state index contributed by atoms with van der Waals surface area (Å²) in [6.07, 6.45) is 0. The smallest absolute Gasteiger partial charge is 0.166 e. The van der Waals surface area contributed by atoms with E-state index in [1.165, 1.54) is 0 Å². The number of nitrogens with one attached hydrogen (secondary N) is 2. The molecule has 4 N–H and O–H groups in total. The highest BCUT2D eigenvalue weighted by Crippen LogP contribution is 2.21. The van der Waals surface area contributed by atoms with E-state index in [2.05, 4.69) is 20.2 Å². The molecule has 6 heteroatoms. The van der Waals surface area contributed by atoms with E-state index in [1.54, 1.807) is 11.8 Å². The maximum Gasteiger partial charge on any atom is 0.166 e. The molecule has 102 valence electrons. The van der Waals surface area contributed by atoms with Gasteiger partial charge in [-0.2, -0.15) is 0 Å². The van der Waals surface area contributed by atoms with Crippen LogP contribution in [0.1, 0.15) is 0 Å². The minimum atomic E-state index is 0.772. The second-order valence-electron chi connectivity index (χ2n) is 4.76. The summed E-state index contributed by atoms with van der Waals surface area (Å²) in [7, 11) is 0. The lowest BCUT2D eigenvalue weighted by Crippen LogP contribution is -2.44. The number of hydrogen-bond donors (Lipinski definition) is 3. The van der Waals surface area contributed by atoms with Crippen LogP contribution >= 0.6 is 11.8 Å². The number of fused-ring (bicyclic) bond motifs is 1. The molecule has 0 radical (unpaired) electrons. The van der Waals surface area contributed by atoms with Gasteiger partial charge in [-0.3, -0.25) is 4.90 Å². The van der Waals surface area contributed by atoms with Gasteiger partial charge in [0, 0.05) is 44.2 Å². The number of rotatable bonds is 4. The number of anilines is 1. The maximum absolute atomic E-state index is 5.76. The fourth-order valence-electron chi connectivity index (χ4n) is 2.28. The van der Waals surface area contributed by atoms with Crippen LogP contribution < -0.4 is 11.1 Å². The van der Waals surface area contributed by atoms with Crippen molar-refractivity contribution in [2.24, 2.45) is 0 Å². The van der Waals surface area contributed by atoms with Gasteiger partial charge in [0.1, 0.15) is 0 Å². The first-order chi connectivity index (χ1) is 9.31. The first-order valence-corrected chi connectivity index (χ1v) is 7.61. The minimum Gasteiger partial charge on any atom is -0.399 e. The monoisotopic (exact) mass is 277 g/mol. The van der Waals surface area contributed by atoms with E-state index < -0.39 is 0 Å². The highest BCUT2D eigenvalue weighted by molar-refractivity contribution is 7.99. The Bertz CT molecular complexity index is 547. The van der Waals surface area contributed by atoms with Gasteiger partial charge < -0.3 is 16.0 Å². The van der Waals surface area contributed by atoms with Crippen molar-refractivity contribution in [1.82, 2.24) is 20.2 Å². The van der Waals surface area contributed by atoms with Crippen molar-refractivity contribution in [3.05, 3.63) is 18.2 Å². The van der Waals surface area contributed by atoms with Gasteiger partial charge in [0.2, 0.25) is 0 Å². The molecule has 0 saturated carbocycles.